The Kier molecular flexibility index (Phi) is 3.34. The smallest absolute Gasteiger partial charge is 0.130 e. The lowest BCUT2D eigenvalue weighted by Crippen LogP contribution is -1.90. The molecule has 0 spiro atoms. The second kappa shape index (κ2) is 5.51. The molecule has 0 fully saturated rings. The molecule has 1 aromatic carbocycles. The predicted molar refractivity (Wildman–Crippen MR) is 97.5 cm³/mol. The monoisotopic (exact) mass is 333 g/mol. The number of nitriles is 1. The highest BCUT2D eigenvalue weighted by atomic mass is 32.1. The van der Waals surface area contributed by atoms with Crippen molar-refractivity contribution in [3.8, 4) is 27.8 Å². The van der Waals surface area contributed by atoms with Gasteiger partial charge in [0.25, 0.3) is 0 Å². The second-order valence-corrected chi connectivity index (χ2v) is 6.98. The Morgan fingerprint density at radius 2 is 1.91 bits per heavy atom. The lowest BCUT2D eigenvalue weighted by atomic mass is 10.0. The zero-order chi connectivity index (χ0) is 15.8. The summed E-state index contributed by atoms with van der Waals surface area (Å²) in [7, 11) is 0. The molecule has 0 aliphatic heterocycles. The molecule has 4 rings (SSSR count). The Balaban J connectivity index is 2.09. The van der Waals surface area contributed by atoms with E-state index in [1.807, 2.05) is 29.6 Å². The van der Waals surface area contributed by atoms with Gasteiger partial charge in [-0.25, -0.2) is 4.98 Å². The Morgan fingerprint density at radius 3 is 2.61 bits per heavy atom. The van der Waals surface area contributed by atoms with Gasteiger partial charge in [0.1, 0.15) is 15.8 Å². The standard InChI is InChI=1S/C18H11N3S2/c19-10-15-17(20)16-12(11-5-2-1-3-6-11)9-13(21-18(16)23-15)14-7-4-8-22-14/h1-9H,20H2. The van der Waals surface area contributed by atoms with Gasteiger partial charge in [0.2, 0.25) is 0 Å². The normalized spacial score (nSPS) is 10.7. The van der Waals surface area contributed by atoms with Crippen molar-refractivity contribution in [1.29, 1.82) is 5.26 Å². The highest BCUT2D eigenvalue weighted by molar-refractivity contribution is 7.20. The molecule has 0 atom stereocenters. The minimum absolute atomic E-state index is 0.521. The van der Waals surface area contributed by atoms with Crippen molar-refractivity contribution in [3.63, 3.8) is 0 Å². The molecule has 0 saturated carbocycles. The van der Waals surface area contributed by atoms with Crippen LogP contribution in [0.5, 0.6) is 0 Å². The van der Waals surface area contributed by atoms with Crippen molar-refractivity contribution >= 4 is 38.6 Å². The minimum atomic E-state index is 0.521. The van der Waals surface area contributed by atoms with Crippen molar-refractivity contribution in [2.24, 2.45) is 0 Å². The van der Waals surface area contributed by atoms with E-state index < -0.39 is 0 Å². The van der Waals surface area contributed by atoms with Gasteiger partial charge in [0.05, 0.1) is 16.3 Å². The van der Waals surface area contributed by atoms with Gasteiger partial charge in [0.15, 0.2) is 0 Å². The van der Waals surface area contributed by atoms with Gasteiger partial charge < -0.3 is 5.73 Å². The fraction of sp³-hybridized carbons (Fsp3) is 0. The molecule has 0 unspecified atom stereocenters. The maximum Gasteiger partial charge on any atom is 0.130 e. The number of hydrogen-bond donors (Lipinski definition) is 1. The first-order chi connectivity index (χ1) is 11.3. The van der Waals surface area contributed by atoms with E-state index in [4.69, 9.17) is 10.7 Å². The van der Waals surface area contributed by atoms with Crippen LogP contribution in [0.2, 0.25) is 0 Å². The van der Waals surface area contributed by atoms with Crippen LogP contribution in [0.25, 0.3) is 31.9 Å². The number of pyridine rings is 1. The van der Waals surface area contributed by atoms with Gasteiger partial charge in [-0.3, -0.25) is 0 Å². The number of benzene rings is 1. The number of rotatable bonds is 2. The fourth-order valence-corrected chi connectivity index (χ4v) is 4.20. The van der Waals surface area contributed by atoms with Crippen LogP contribution in [0, 0.1) is 11.3 Å². The lowest BCUT2D eigenvalue weighted by molar-refractivity contribution is 1.45. The van der Waals surface area contributed by atoms with Crippen LogP contribution < -0.4 is 5.73 Å². The third-order valence-corrected chi connectivity index (χ3v) is 5.56. The molecule has 110 valence electrons. The number of aromatic nitrogens is 1. The molecule has 23 heavy (non-hydrogen) atoms. The first kappa shape index (κ1) is 13.9. The molecule has 3 aromatic heterocycles. The largest absolute Gasteiger partial charge is 0.396 e. The molecule has 0 radical (unpaired) electrons. The Labute approximate surface area is 141 Å². The highest BCUT2D eigenvalue weighted by Crippen LogP contribution is 2.41. The maximum atomic E-state index is 9.29. The van der Waals surface area contributed by atoms with Crippen LogP contribution >= 0.6 is 22.7 Å². The van der Waals surface area contributed by atoms with Gasteiger partial charge in [-0.15, -0.1) is 22.7 Å². The van der Waals surface area contributed by atoms with Crippen molar-refractivity contribution in [3.05, 3.63) is 58.8 Å². The number of thiophene rings is 2. The van der Waals surface area contributed by atoms with E-state index in [2.05, 4.69) is 30.3 Å². The molecule has 4 aromatic rings. The average molecular weight is 333 g/mol. The molecular weight excluding hydrogens is 322 g/mol. The van der Waals surface area contributed by atoms with Crippen molar-refractivity contribution in [1.82, 2.24) is 4.98 Å². The van der Waals surface area contributed by atoms with Crippen LogP contribution in [0.4, 0.5) is 5.69 Å². The van der Waals surface area contributed by atoms with Crippen molar-refractivity contribution < 1.29 is 0 Å². The Hall–Kier alpha value is -2.68. The quantitative estimate of drug-likeness (QED) is 0.552. The maximum absolute atomic E-state index is 9.29. The number of nitrogens with two attached hydrogens (primary N) is 1. The van der Waals surface area contributed by atoms with E-state index in [-0.39, 0.29) is 0 Å². The Bertz CT molecular complexity index is 1030. The number of anilines is 1. The molecule has 0 aliphatic rings. The summed E-state index contributed by atoms with van der Waals surface area (Å²) in [6.07, 6.45) is 0. The number of nitrogens with zero attached hydrogens (tertiary/aromatic N) is 2. The topological polar surface area (TPSA) is 62.7 Å². The van der Waals surface area contributed by atoms with Crippen LogP contribution in [-0.4, -0.2) is 4.98 Å². The van der Waals surface area contributed by atoms with E-state index in [9.17, 15) is 5.26 Å². The van der Waals surface area contributed by atoms with Gasteiger partial charge in [-0.05, 0) is 28.6 Å². The summed E-state index contributed by atoms with van der Waals surface area (Å²) in [5.41, 5.74) is 9.74. The SMILES string of the molecule is N#Cc1sc2nc(-c3cccs3)cc(-c3ccccc3)c2c1N. The molecule has 3 nitrogen and oxygen atoms in total. The molecule has 2 N–H and O–H groups in total. The molecule has 3 heterocycles. The molecular formula is C18H11N3S2. The Morgan fingerprint density at radius 1 is 1.09 bits per heavy atom. The van der Waals surface area contributed by atoms with Crippen LogP contribution in [0.3, 0.4) is 0 Å². The third kappa shape index (κ3) is 2.29. The van der Waals surface area contributed by atoms with Crippen LogP contribution in [0.15, 0.2) is 53.9 Å². The van der Waals surface area contributed by atoms with Crippen LogP contribution in [-0.2, 0) is 0 Å². The summed E-state index contributed by atoms with van der Waals surface area (Å²) in [5.74, 6) is 0. The average Bonchev–Trinajstić information content (AvgIpc) is 3.23. The van der Waals surface area contributed by atoms with E-state index in [1.54, 1.807) is 11.3 Å². The summed E-state index contributed by atoms with van der Waals surface area (Å²) >= 11 is 3.00. The summed E-state index contributed by atoms with van der Waals surface area (Å²) in [5, 5.41) is 12.2. The summed E-state index contributed by atoms with van der Waals surface area (Å²) in [6, 6.07) is 18.4. The van der Waals surface area contributed by atoms with E-state index in [0.29, 0.717) is 10.6 Å². The number of fused-ring (bicyclic) bond motifs is 1. The molecule has 0 bridgehead atoms. The van der Waals surface area contributed by atoms with Crippen LogP contribution in [0.1, 0.15) is 4.88 Å². The minimum Gasteiger partial charge on any atom is -0.396 e. The molecule has 5 heteroatoms. The zero-order valence-electron chi connectivity index (χ0n) is 12.0. The van der Waals surface area contributed by atoms with Gasteiger partial charge in [-0.2, -0.15) is 5.26 Å². The highest BCUT2D eigenvalue weighted by Gasteiger charge is 2.17. The first-order valence-electron chi connectivity index (χ1n) is 7.00. The van der Waals surface area contributed by atoms with E-state index in [0.717, 1.165) is 31.9 Å². The third-order valence-electron chi connectivity index (χ3n) is 3.66. The summed E-state index contributed by atoms with van der Waals surface area (Å²) in [6.45, 7) is 0. The predicted octanol–water partition coefficient (Wildman–Crippen LogP) is 5.15. The number of hydrogen-bond acceptors (Lipinski definition) is 5. The molecule has 0 saturated heterocycles. The lowest BCUT2D eigenvalue weighted by Gasteiger charge is -2.07. The van der Waals surface area contributed by atoms with Gasteiger partial charge >= 0.3 is 0 Å². The van der Waals surface area contributed by atoms with Gasteiger partial charge in [0, 0.05) is 5.39 Å². The molecule has 0 amide bonds. The summed E-state index contributed by atoms with van der Waals surface area (Å²) in [4.78, 5) is 7.17. The molecule has 0 aliphatic carbocycles. The van der Waals surface area contributed by atoms with E-state index in [1.165, 1.54) is 11.3 Å². The van der Waals surface area contributed by atoms with Crippen molar-refractivity contribution in [2.45, 2.75) is 0 Å². The zero-order valence-corrected chi connectivity index (χ0v) is 13.6. The van der Waals surface area contributed by atoms with Crippen molar-refractivity contribution in [2.75, 3.05) is 5.73 Å². The second-order valence-electron chi connectivity index (χ2n) is 5.04. The summed E-state index contributed by atoms with van der Waals surface area (Å²) < 4.78 is 0. The van der Waals surface area contributed by atoms with E-state index >= 15 is 0 Å². The fourth-order valence-electron chi connectivity index (χ4n) is 2.60. The number of nitrogen functional groups attached to an aromatic ring is 1. The first-order valence-corrected chi connectivity index (χ1v) is 8.70. The van der Waals surface area contributed by atoms with Gasteiger partial charge in [-0.1, -0.05) is 36.4 Å².